The molecule has 4 rings (SSSR count). The maximum absolute atomic E-state index is 14.9. The number of Topliss-reactive ketones (excluding diaryl/α,β-unsaturated/α-hetero) is 1. The van der Waals surface area contributed by atoms with Gasteiger partial charge in [0.15, 0.2) is 5.78 Å². The zero-order chi connectivity index (χ0) is 22.8. The van der Waals surface area contributed by atoms with Gasteiger partial charge < -0.3 is 15.0 Å². The summed E-state index contributed by atoms with van der Waals surface area (Å²) < 4.78 is 21.9. The molecule has 0 saturated carbocycles. The number of halogens is 1. The molecule has 11 heteroatoms. The lowest BCUT2D eigenvalue weighted by molar-refractivity contribution is -0.119. The summed E-state index contributed by atoms with van der Waals surface area (Å²) in [5.41, 5.74) is 1.22. The third-order valence-corrected chi connectivity index (χ3v) is 5.75. The Morgan fingerprint density at radius 3 is 2.62 bits per heavy atom. The van der Waals surface area contributed by atoms with Crippen molar-refractivity contribution in [3.8, 4) is 0 Å². The number of piperidine rings is 1. The molecule has 10 nitrogen and oxygen atoms in total. The van der Waals surface area contributed by atoms with Crippen LogP contribution in [0.5, 0.6) is 0 Å². The first-order valence-electron chi connectivity index (χ1n) is 10.5. The SMILES string of the molecule is CC(=O)NCC1CN(c2ccc(N3CCC(n4cc(C(C)=O)nn4)CC3)c(F)c2)C(=O)O1. The molecule has 1 N–H and O–H groups in total. The fraction of sp³-hybridized carbons (Fsp3) is 0.476. The van der Waals surface area contributed by atoms with Crippen LogP contribution in [-0.4, -0.2) is 65.1 Å². The number of aromatic nitrogens is 3. The number of ketones is 1. The number of hydrogen-bond donors (Lipinski definition) is 1. The number of carbonyl (C=O) groups excluding carboxylic acids is 3. The average molecular weight is 444 g/mol. The third-order valence-electron chi connectivity index (χ3n) is 5.75. The van der Waals surface area contributed by atoms with E-state index in [0.717, 1.165) is 12.8 Å². The number of cyclic esters (lactones) is 1. The van der Waals surface area contributed by atoms with Gasteiger partial charge in [-0.1, -0.05) is 5.21 Å². The van der Waals surface area contributed by atoms with E-state index in [1.807, 2.05) is 4.90 Å². The van der Waals surface area contributed by atoms with Crippen molar-refractivity contribution in [1.82, 2.24) is 20.3 Å². The molecule has 1 atom stereocenters. The van der Waals surface area contributed by atoms with Crippen molar-refractivity contribution in [2.45, 2.75) is 38.8 Å². The normalized spacial score (nSPS) is 19.2. The molecule has 2 saturated heterocycles. The molecular formula is C21H25FN6O4. The minimum Gasteiger partial charge on any atom is -0.442 e. The monoisotopic (exact) mass is 444 g/mol. The second-order valence-corrected chi connectivity index (χ2v) is 8.05. The molecule has 2 amide bonds. The van der Waals surface area contributed by atoms with E-state index in [1.165, 1.54) is 24.8 Å². The summed E-state index contributed by atoms with van der Waals surface area (Å²) >= 11 is 0. The van der Waals surface area contributed by atoms with Crippen LogP contribution in [-0.2, 0) is 9.53 Å². The lowest BCUT2D eigenvalue weighted by Gasteiger charge is -2.33. The summed E-state index contributed by atoms with van der Waals surface area (Å²) in [6.07, 6.45) is 2.10. The second kappa shape index (κ2) is 8.93. The highest BCUT2D eigenvalue weighted by atomic mass is 19.1. The fourth-order valence-corrected chi connectivity index (χ4v) is 4.00. The highest BCUT2D eigenvalue weighted by Gasteiger charge is 2.33. The summed E-state index contributed by atoms with van der Waals surface area (Å²) in [7, 11) is 0. The minimum absolute atomic E-state index is 0.106. The highest BCUT2D eigenvalue weighted by molar-refractivity contribution is 5.91. The Kier molecular flexibility index (Phi) is 6.06. The zero-order valence-corrected chi connectivity index (χ0v) is 18.0. The number of nitrogens with one attached hydrogen (secondary N) is 1. The van der Waals surface area contributed by atoms with Crippen LogP contribution in [0, 0.1) is 5.82 Å². The van der Waals surface area contributed by atoms with E-state index in [-0.39, 0.29) is 30.8 Å². The fourth-order valence-electron chi connectivity index (χ4n) is 4.00. The number of amides is 2. The molecule has 0 spiro atoms. The quantitative estimate of drug-likeness (QED) is 0.678. The standard InChI is InChI=1S/C21H25FN6O4/c1-13(29)19-12-28(25-24-19)15-5-7-26(8-6-15)20-4-3-16(9-18(20)22)27-11-17(32-21(27)31)10-23-14(2)30/h3-4,9,12,15,17H,5-8,10-11H2,1-2H3,(H,23,30). The van der Waals surface area contributed by atoms with E-state index in [4.69, 9.17) is 4.74 Å². The number of benzene rings is 1. The number of nitrogens with zero attached hydrogens (tertiary/aromatic N) is 5. The molecule has 2 fully saturated rings. The van der Waals surface area contributed by atoms with Gasteiger partial charge in [-0.15, -0.1) is 5.10 Å². The first-order chi connectivity index (χ1) is 15.3. The predicted molar refractivity (Wildman–Crippen MR) is 113 cm³/mol. The van der Waals surface area contributed by atoms with Crippen molar-refractivity contribution in [3.63, 3.8) is 0 Å². The van der Waals surface area contributed by atoms with Gasteiger partial charge in [-0.05, 0) is 31.0 Å². The van der Waals surface area contributed by atoms with Gasteiger partial charge in [-0.2, -0.15) is 0 Å². The van der Waals surface area contributed by atoms with Gasteiger partial charge >= 0.3 is 6.09 Å². The minimum atomic E-state index is -0.564. The summed E-state index contributed by atoms with van der Waals surface area (Å²) in [4.78, 5) is 38.0. The summed E-state index contributed by atoms with van der Waals surface area (Å²) in [5.74, 6) is -0.750. The summed E-state index contributed by atoms with van der Waals surface area (Å²) in [6.45, 7) is 4.55. The number of carbonyl (C=O) groups is 3. The Balaban J connectivity index is 1.38. The molecule has 170 valence electrons. The van der Waals surface area contributed by atoms with Gasteiger partial charge in [-0.3, -0.25) is 14.5 Å². The maximum atomic E-state index is 14.9. The van der Waals surface area contributed by atoms with E-state index < -0.39 is 18.0 Å². The molecule has 32 heavy (non-hydrogen) atoms. The largest absolute Gasteiger partial charge is 0.442 e. The Bertz CT molecular complexity index is 1030. The van der Waals surface area contributed by atoms with Gasteiger partial charge in [-0.25, -0.2) is 13.9 Å². The van der Waals surface area contributed by atoms with Crippen LogP contribution in [0.25, 0.3) is 0 Å². The van der Waals surface area contributed by atoms with Crippen LogP contribution in [0.3, 0.4) is 0 Å². The van der Waals surface area contributed by atoms with Crippen LogP contribution in [0.2, 0.25) is 0 Å². The van der Waals surface area contributed by atoms with Gasteiger partial charge in [0.2, 0.25) is 5.91 Å². The van der Waals surface area contributed by atoms with Crippen LogP contribution < -0.4 is 15.1 Å². The molecule has 2 aromatic rings. The lowest BCUT2D eigenvalue weighted by atomic mass is 10.0. The first kappa shape index (κ1) is 21.7. The average Bonchev–Trinajstić information content (AvgIpc) is 3.39. The number of anilines is 2. The van der Waals surface area contributed by atoms with Crippen molar-refractivity contribution in [1.29, 1.82) is 0 Å². The number of rotatable bonds is 6. The molecule has 0 bridgehead atoms. The molecule has 0 aliphatic carbocycles. The van der Waals surface area contributed by atoms with Crippen LogP contribution in [0.1, 0.15) is 43.2 Å². The lowest BCUT2D eigenvalue weighted by Crippen LogP contribution is -2.35. The molecule has 0 radical (unpaired) electrons. The smallest absolute Gasteiger partial charge is 0.414 e. The second-order valence-electron chi connectivity index (χ2n) is 8.05. The Morgan fingerprint density at radius 2 is 2.00 bits per heavy atom. The van der Waals surface area contributed by atoms with Crippen LogP contribution >= 0.6 is 0 Å². The summed E-state index contributed by atoms with van der Waals surface area (Å²) in [5, 5.41) is 10.6. The van der Waals surface area contributed by atoms with E-state index in [0.29, 0.717) is 30.2 Å². The zero-order valence-electron chi connectivity index (χ0n) is 18.0. The third kappa shape index (κ3) is 4.56. The van der Waals surface area contributed by atoms with Crippen molar-refractivity contribution < 1.29 is 23.5 Å². The van der Waals surface area contributed by atoms with Crippen LogP contribution in [0.15, 0.2) is 24.4 Å². The Hall–Kier alpha value is -3.50. The molecule has 3 heterocycles. The van der Waals surface area contributed by atoms with Crippen LogP contribution in [0.4, 0.5) is 20.6 Å². The Labute approximate surface area is 184 Å². The highest BCUT2D eigenvalue weighted by Crippen LogP contribution is 2.31. The molecular weight excluding hydrogens is 419 g/mol. The predicted octanol–water partition coefficient (Wildman–Crippen LogP) is 1.92. The molecule has 1 aromatic heterocycles. The van der Waals surface area contributed by atoms with Gasteiger partial charge in [0, 0.05) is 26.9 Å². The number of hydrogen-bond acceptors (Lipinski definition) is 7. The van der Waals surface area contributed by atoms with E-state index in [1.54, 1.807) is 23.0 Å². The topological polar surface area (TPSA) is 110 Å². The van der Waals surface area contributed by atoms with Crippen molar-refractivity contribution >= 4 is 29.2 Å². The summed E-state index contributed by atoms with van der Waals surface area (Å²) in [6, 6.07) is 4.81. The first-order valence-corrected chi connectivity index (χ1v) is 10.5. The van der Waals surface area contributed by atoms with Gasteiger partial charge in [0.05, 0.1) is 36.7 Å². The van der Waals surface area contributed by atoms with Crippen molar-refractivity contribution in [3.05, 3.63) is 35.9 Å². The van der Waals surface area contributed by atoms with Gasteiger partial charge in [0.1, 0.15) is 17.6 Å². The van der Waals surface area contributed by atoms with E-state index in [9.17, 15) is 18.8 Å². The number of ether oxygens (including phenoxy) is 1. The van der Waals surface area contributed by atoms with E-state index in [2.05, 4.69) is 15.6 Å². The van der Waals surface area contributed by atoms with Gasteiger partial charge in [0.25, 0.3) is 0 Å². The molecule has 2 aliphatic rings. The maximum Gasteiger partial charge on any atom is 0.414 e. The molecule has 1 aromatic carbocycles. The van der Waals surface area contributed by atoms with Crippen molar-refractivity contribution in [2.75, 3.05) is 36.0 Å². The Morgan fingerprint density at radius 1 is 1.25 bits per heavy atom. The molecule has 2 aliphatic heterocycles. The molecule has 1 unspecified atom stereocenters. The van der Waals surface area contributed by atoms with Crippen molar-refractivity contribution in [2.24, 2.45) is 0 Å². The van der Waals surface area contributed by atoms with E-state index >= 15 is 0 Å².